The molecule has 1 spiro atoms. The molecule has 4 unspecified atom stereocenters. The van der Waals surface area contributed by atoms with Gasteiger partial charge in [0.05, 0.1) is 12.2 Å². The van der Waals surface area contributed by atoms with E-state index in [4.69, 9.17) is 4.74 Å². The topological polar surface area (TPSA) is 44.7 Å². The van der Waals surface area contributed by atoms with Gasteiger partial charge in [0.25, 0.3) is 0 Å². The molecule has 0 aromatic rings. The Kier molecular flexibility index (Phi) is 3.99. The smallest absolute Gasteiger partial charge is 0.0791 e. The van der Waals surface area contributed by atoms with Crippen molar-refractivity contribution in [2.75, 3.05) is 32.8 Å². The third-order valence-electron chi connectivity index (χ3n) is 6.53. The number of ether oxygens (including phenoxy) is 1. The lowest BCUT2D eigenvalue weighted by Gasteiger charge is -2.57. The van der Waals surface area contributed by atoms with Gasteiger partial charge in [0, 0.05) is 37.1 Å². The van der Waals surface area contributed by atoms with Gasteiger partial charge in [0.1, 0.15) is 0 Å². The van der Waals surface area contributed by atoms with Gasteiger partial charge in [-0.25, -0.2) is 0 Å². The molecule has 0 aromatic heterocycles. The predicted octanol–water partition coefficient (Wildman–Crippen LogP) is 1.38. The Bertz CT molecular complexity index is 364. The maximum absolute atomic E-state index is 10.3. The average Bonchev–Trinajstić information content (AvgIpc) is 3.19. The van der Waals surface area contributed by atoms with Gasteiger partial charge < -0.3 is 20.1 Å². The lowest BCUT2D eigenvalue weighted by Crippen LogP contribution is -2.68. The van der Waals surface area contributed by atoms with E-state index in [1.807, 2.05) is 0 Å². The highest BCUT2D eigenvalue weighted by atomic mass is 16.5. The summed E-state index contributed by atoms with van der Waals surface area (Å²) in [5, 5.41) is 14.1. The first-order valence-corrected chi connectivity index (χ1v) is 9.05. The number of aliphatic hydroxyl groups excluding tert-OH is 1. The zero-order chi connectivity index (χ0) is 14.3. The summed E-state index contributed by atoms with van der Waals surface area (Å²) in [5.41, 5.74) is 0.411. The number of nitrogens with one attached hydrogen (secondary N) is 1. The van der Waals surface area contributed by atoms with Gasteiger partial charge >= 0.3 is 0 Å². The Hall–Kier alpha value is -0.160. The molecule has 120 valence electrons. The van der Waals surface area contributed by atoms with Crippen LogP contribution >= 0.6 is 0 Å². The quantitative estimate of drug-likeness (QED) is 0.804. The molecule has 2 saturated carbocycles. The fraction of sp³-hybridized carbons (Fsp3) is 1.00. The molecule has 4 nitrogen and oxygen atoms in total. The molecule has 0 bridgehead atoms. The summed E-state index contributed by atoms with van der Waals surface area (Å²) in [6, 6.07) is 0.598. The second-order valence-corrected chi connectivity index (χ2v) is 7.73. The Balaban J connectivity index is 1.31. The number of fused-ring (bicyclic) bond motifs is 2. The predicted molar refractivity (Wildman–Crippen MR) is 82.2 cm³/mol. The van der Waals surface area contributed by atoms with E-state index in [-0.39, 0.29) is 6.10 Å². The van der Waals surface area contributed by atoms with Crippen molar-refractivity contribution in [2.45, 2.75) is 63.2 Å². The molecule has 4 atom stereocenters. The van der Waals surface area contributed by atoms with Gasteiger partial charge in [-0.15, -0.1) is 0 Å². The Morgan fingerprint density at radius 1 is 1.19 bits per heavy atom. The maximum Gasteiger partial charge on any atom is 0.0791 e. The van der Waals surface area contributed by atoms with E-state index in [1.54, 1.807) is 0 Å². The number of nitrogens with zero attached hydrogens (tertiary/aromatic N) is 1. The van der Waals surface area contributed by atoms with Crippen molar-refractivity contribution in [2.24, 2.45) is 11.3 Å². The van der Waals surface area contributed by atoms with Gasteiger partial charge in [0.2, 0.25) is 0 Å². The number of aliphatic hydroxyl groups is 1. The van der Waals surface area contributed by atoms with Crippen molar-refractivity contribution in [1.29, 1.82) is 0 Å². The number of rotatable bonds is 5. The van der Waals surface area contributed by atoms with Crippen LogP contribution in [0.15, 0.2) is 0 Å². The highest BCUT2D eigenvalue weighted by Gasteiger charge is 2.64. The van der Waals surface area contributed by atoms with E-state index in [0.29, 0.717) is 23.5 Å². The summed E-state index contributed by atoms with van der Waals surface area (Å²) in [6.07, 6.45) is 9.49. The summed E-state index contributed by atoms with van der Waals surface area (Å²) in [4.78, 5) is 2.40. The molecular weight excluding hydrogens is 264 g/mol. The summed E-state index contributed by atoms with van der Waals surface area (Å²) in [7, 11) is 0. The molecule has 2 aliphatic carbocycles. The zero-order valence-corrected chi connectivity index (χ0v) is 13.1. The molecule has 4 aliphatic rings. The summed E-state index contributed by atoms with van der Waals surface area (Å²) < 4.78 is 6.02. The minimum atomic E-state index is -0.220. The fourth-order valence-corrected chi connectivity index (χ4v) is 5.60. The van der Waals surface area contributed by atoms with Crippen LogP contribution in [0, 0.1) is 11.3 Å². The normalized spacial score (nSPS) is 39.6. The highest BCUT2D eigenvalue weighted by molar-refractivity contribution is 5.16. The molecule has 4 fully saturated rings. The molecule has 2 aliphatic heterocycles. The van der Waals surface area contributed by atoms with Crippen molar-refractivity contribution < 1.29 is 9.84 Å². The Morgan fingerprint density at radius 2 is 1.95 bits per heavy atom. The molecule has 4 heteroatoms. The molecule has 0 aromatic carbocycles. The standard InChI is InChI=1S/C17H30N2O2/c20-13(12-19-8-3-4-9-19)11-18-15-14-5-10-21-16(14)17(15)6-1-2-7-17/h13-16,18,20H,1-12H2. The van der Waals surface area contributed by atoms with Crippen LogP contribution in [0.5, 0.6) is 0 Å². The van der Waals surface area contributed by atoms with Crippen LogP contribution in [0.4, 0.5) is 0 Å². The van der Waals surface area contributed by atoms with Gasteiger partial charge in [-0.3, -0.25) is 0 Å². The fourth-order valence-electron chi connectivity index (χ4n) is 5.60. The van der Waals surface area contributed by atoms with E-state index >= 15 is 0 Å². The Morgan fingerprint density at radius 3 is 2.71 bits per heavy atom. The minimum Gasteiger partial charge on any atom is -0.390 e. The van der Waals surface area contributed by atoms with Gasteiger partial charge in [-0.05, 0) is 45.2 Å². The first kappa shape index (κ1) is 14.4. The van der Waals surface area contributed by atoms with E-state index in [0.717, 1.165) is 19.7 Å². The van der Waals surface area contributed by atoms with Crippen LogP contribution in [0.2, 0.25) is 0 Å². The van der Waals surface area contributed by atoms with Gasteiger partial charge in [-0.2, -0.15) is 0 Å². The maximum atomic E-state index is 10.3. The van der Waals surface area contributed by atoms with Crippen molar-refractivity contribution in [1.82, 2.24) is 10.2 Å². The Labute approximate surface area is 128 Å². The molecule has 0 radical (unpaired) electrons. The van der Waals surface area contributed by atoms with Crippen molar-refractivity contribution in [3.05, 3.63) is 0 Å². The monoisotopic (exact) mass is 294 g/mol. The summed E-state index contributed by atoms with van der Waals surface area (Å²) >= 11 is 0. The van der Waals surface area contributed by atoms with Crippen LogP contribution in [0.3, 0.4) is 0 Å². The molecule has 2 heterocycles. The first-order chi connectivity index (χ1) is 10.3. The summed E-state index contributed by atoms with van der Waals surface area (Å²) in [5.74, 6) is 0.710. The molecule has 2 N–H and O–H groups in total. The largest absolute Gasteiger partial charge is 0.390 e. The third-order valence-corrected chi connectivity index (χ3v) is 6.53. The second-order valence-electron chi connectivity index (χ2n) is 7.73. The average molecular weight is 294 g/mol. The molecule has 2 saturated heterocycles. The van der Waals surface area contributed by atoms with Gasteiger partial charge in [0.15, 0.2) is 0 Å². The third kappa shape index (κ3) is 2.44. The van der Waals surface area contributed by atoms with Gasteiger partial charge in [-0.1, -0.05) is 12.8 Å². The van der Waals surface area contributed by atoms with Crippen LogP contribution in [0.25, 0.3) is 0 Å². The van der Waals surface area contributed by atoms with E-state index in [9.17, 15) is 5.11 Å². The highest BCUT2D eigenvalue weighted by Crippen LogP contribution is 2.60. The molecule has 4 rings (SSSR count). The molecular formula is C17H30N2O2. The van der Waals surface area contributed by atoms with E-state index < -0.39 is 0 Å². The van der Waals surface area contributed by atoms with Crippen molar-refractivity contribution >= 4 is 0 Å². The minimum absolute atomic E-state index is 0.220. The van der Waals surface area contributed by atoms with Crippen molar-refractivity contribution in [3.8, 4) is 0 Å². The number of hydrogen-bond acceptors (Lipinski definition) is 4. The number of likely N-dealkylation sites (tertiary alicyclic amines) is 1. The number of hydrogen-bond donors (Lipinski definition) is 2. The van der Waals surface area contributed by atoms with Crippen LogP contribution in [0.1, 0.15) is 44.9 Å². The number of β-amino-alcohol motifs (C(OH)–C–C–N with tert-alkyl or cyclic N) is 1. The molecule has 21 heavy (non-hydrogen) atoms. The van der Waals surface area contributed by atoms with E-state index in [2.05, 4.69) is 10.2 Å². The lowest BCUT2D eigenvalue weighted by molar-refractivity contribution is -0.132. The second kappa shape index (κ2) is 5.80. The van der Waals surface area contributed by atoms with Crippen LogP contribution in [-0.2, 0) is 4.74 Å². The van der Waals surface area contributed by atoms with Crippen molar-refractivity contribution in [3.63, 3.8) is 0 Å². The zero-order valence-electron chi connectivity index (χ0n) is 13.1. The molecule has 0 amide bonds. The van der Waals surface area contributed by atoms with E-state index in [1.165, 1.54) is 58.0 Å². The van der Waals surface area contributed by atoms with Crippen LogP contribution in [-0.4, -0.2) is 61.0 Å². The lowest BCUT2D eigenvalue weighted by atomic mass is 9.54. The SMILES string of the molecule is OC(CNC1C2CCOC2C12CCCC2)CN1CCCC1. The first-order valence-electron chi connectivity index (χ1n) is 9.05. The summed E-state index contributed by atoms with van der Waals surface area (Å²) in [6.45, 7) is 4.89. The van der Waals surface area contributed by atoms with Crippen LogP contribution < -0.4 is 5.32 Å².